The molecule has 0 amide bonds. The second kappa shape index (κ2) is 6.41. The first-order chi connectivity index (χ1) is 9.16. The van der Waals surface area contributed by atoms with Crippen molar-refractivity contribution in [3.05, 3.63) is 71.3 Å². The van der Waals surface area contributed by atoms with E-state index in [0.717, 1.165) is 11.6 Å². The van der Waals surface area contributed by atoms with Crippen molar-refractivity contribution in [1.82, 2.24) is 5.48 Å². The molecule has 100 valence electrons. The van der Waals surface area contributed by atoms with Gasteiger partial charge < -0.3 is 0 Å². The van der Waals surface area contributed by atoms with Gasteiger partial charge in [-0.2, -0.15) is 5.48 Å². The van der Waals surface area contributed by atoms with Crippen LogP contribution in [0.3, 0.4) is 0 Å². The molecule has 1 N–H and O–H groups in total. The van der Waals surface area contributed by atoms with Crippen LogP contribution < -0.4 is 5.48 Å². The molecule has 0 aliphatic heterocycles. The van der Waals surface area contributed by atoms with Gasteiger partial charge in [0.2, 0.25) is 0 Å². The zero-order chi connectivity index (χ0) is 13.7. The highest BCUT2D eigenvalue weighted by Gasteiger charge is 2.09. The predicted molar refractivity (Wildman–Crippen MR) is 69.1 cm³/mol. The van der Waals surface area contributed by atoms with Crippen LogP contribution in [-0.2, 0) is 11.4 Å². The van der Waals surface area contributed by atoms with Gasteiger partial charge in [0.05, 0.1) is 12.6 Å². The lowest BCUT2D eigenvalue weighted by Crippen LogP contribution is -2.19. The van der Waals surface area contributed by atoms with Gasteiger partial charge in [-0.15, -0.1) is 0 Å². The fourth-order valence-corrected chi connectivity index (χ4v) is 1.67. The summed E-state index contributed by atoms with van der Waals surface area (Å²) in [5.74, 6) is -1.70. The number of benzene rings is 2. The molecule has 0 spiro atoms. The van der Waals surface area contributed by atoms with Crippen molar-refractivity contribution in [2.75, 3.05) is 0 Å². The minimum Gasteiger partial charge on any atom is -0.296 e. The van der Waals surface area contributed by atoms with Gasteiger partial charge in [-0.25, -0.2) is 8.78 Å². The third kappa shape index (κ3) is 3.84. The third-order valence-electron chi connectivity index (χ3n) is 2.79. The second-order valence-corrected chi connectivity index (χ2v) is 4.29. The fraction of sp³-hybridized carbons (Fsp3) is 0.200. The van der Waals surface area contributed by atoms with Crippen molar-refractivity contribution >= 4 is 0 Å². The average Bonchev–Trinajstić information content (AvgIpc) is 2.43. The van der Waals surface area contributed by atoms with E-state index in [2.05, 4.69) is 5.48 Å². The van der Waals surface area contributed by atoms with Gasteiger partial charge in [0.1, 0.15) is 0 Å². The third-order valence-corrected chi connectivity index (χ3v) is 2.79. The Hall–Kier alpha value is -1.78. The lowest BCUT2D eigenvalue weighted by molar-refractivity contribution is 0.00691. The molecule has 2 aromatic carbocycles. The van der Waals surface area contributed by atoms with Gasteiger partial charge in [0.25, 0.3) is 0 Å². The molecule has 0 heterocycles. The van der Waals surface area contributed by atoms with Crippen LogP contribution in [0.25, 0.3) is 0 Å². The van der Waals surface area contributed by atoms with E-state index in [9.17, 15) is 8.78 Å². The minimum absolute atomic E-state index is 0.223. The second-order valence-electron chi connectivity index (χ2n) is 4.29. The van der Waals surface area contributed by atoms with Crippen LogP contribution in [0.15, 0.2) is 48.5 Å². The molecular formula is C15H15F2NO. The molecule has 0 radical (unpaired) electrons. The summed E-state index contributed by atoms with van der Waals surface area (Å²) in [4.78, 5) is 5.34. The SMILES string of the molecule is CC(NOCc1ccccc1)c1ccc(F)c(F)c1. The maximum Gasteiger partial charge on any atom is 0.159 e. The Labute approximate surface area is 111 Å². The number of halogens is 2. The molecular weight excluding hydrogens is 248 g/mol. The summed E-state index contributed by atoms with van der Waals surface area (Å²) in [6, 6.07) is 13.3. The summed E-state index contributed by atoms with van der Waals surface area (Å²) in [6.07, 6.45) is 0. The summed E-state index contributed by atoms with van der Waals surface area (Å²) in [5.41, 5.74) is 4.47. The van der Waals surface area contributed by atoms with E-state index < -0.39 is 11.6 Å². The predicted octanol–water partition coefficient (Wildman–Crippen LogP) is 3.75. The molecule has 19 heavy (non-hydrogen) atoms. The van der Waals surface area contributed by atoms with Crippen LogP contribution in [0.2, 0.25) is 0 Å². The van der Waals surface area contributed by atoms with E-state index in [1.165, 1.54) is 12.1 Å². The highest BCUT2D eigenvalue weighted by molar-refractivity contribution is 5.20. The zero-order valence-electron chi connectivity index (χ0n) is 10.6. The Morgan fingerprint density at radius 2 is 1.79 bits per heavy atom. The monoisotopic (exact) mass is 263 g/mol. The molecule has 4 heteroatoms. The van der Waals surface area contributed by atoms with E-state index in [-0.39, 0.29) is 6.04 Å². The van der Waals surface area contributed by atoms with Gasteiger partial charge >= 0.3 is 0 Å². The van der Waals surface area contributed by atoms with Crippen molar-refractivity contribution in [3.63, 3.8) is 0 Å². The van der Waals surface area contributed by atoms with Crippen LogP contribution in [0.1, 0.15) is 24.1 Å². The van der Waals surface area contributed by atoms with Crippen LogP contribution in [0.4, 0.5) is 8.78 Å². The molecule has 1 unspecified atom stereocenters. The first-order valence-corrected chi connectivity index (χ1v) is 6.03. The minimum atomic E-state index is -0.853. The van der Waals surface area contributed by atoms with Crippen LogP contribution in [0, 0.1) is 11.6 Å². The standard InChI is InChI=1S/C15H15F2NO/c1-11(13-7-8-14(16)15(17)9-13)18-19-10-12-5-3-2-4-6-12/h2-9,11,18H,10H2,1H3. The van der Waals surface area contributed by atoms with Crippen molar-refractivity contribution in [1.29, 1.82) is 0 Å². The maximum atomic E-state index is 13.1. The summed E-state index contributed by atoms with van der Waals surface area (Å²) in [7, 11) is 0. The summed E-state index contributed by atoms with van der Waals surface area (Å²) in [5, 5.41) is 0. The smallest absolute Gasteiger partial charge is 0.159 e. The van der Waals surface area contributed by atoms with Crippen LogP contribution in [-0.4, -0.2) is 0 Å². The van der Waals surface area contributed by atoms with Gasteiger partial charge in [-0.05, 0) is 30.2 Å². The molecule has 0 aliphatic carbocycles. The van der Waals surface area contributed by atoms with E-state index in [1.54, 1.807) is 0 Å². The van der Waals surface area contributed by atoms with Gasteiger partial charge in [-0.3, -0.25) is 4.84 Å². The molecule has 0 aromatic heterocycles. The highest BCUT2D eigenvalue weighted by Crippen LogP contribution is 2.16. The normalized spacial score (nSPS) is 12.4. The number of hydrogen-bond acceptors (Lipinski definition) is 2. The van der Waals surface area contributed by atoms with E-state index in [4.69, 9.17) is 4.84 Å². The number of rotatable bonds is 5. The van der Waals surface area contributed by atoms with Crippen molar-refractivity contribution in [2.45, 2.75) is 19.6 Å². The van der Waals surface area contributed by atoms with Crippen molar-refractivity contribution < 1.29 is 13.6 Å². The Morgan fingerprint density at radius 1 is 1.05 bits per heavy atom. The molecule has 0 saturated heterocycles. The largest absolute Gasteiger partial charge is 0.296 e. The first kappa shape index (κ1) is 13.6. The number of hydrogen-bond donors (Lipinski definition) is 1. The zero-order valence-corrected chi connectivity index (χ0v) is 10.6. The van der Waals surface area contributed by atoms with Crippen LogP contribution in [0.5, 0.6) is 0 Å². The molecule has 0 fully saturated rings. The van der Waals surface area contributed by atoms with E-state index in [1.807, 2.05) is 37.3 Å². The maximum absolute atomic E-state index is 13.1. The Balaban J connectivity index is 1.87. The Kier molecular flexibility index (Phi) is 4.60. The molecule has 2 nitrogen and oxygen atoms in total. The molecule has 1 atom stereocenters. The molecule has 2 rings (SSSR count). The summed E-state index contributed by atoms with van der Waals surface area (Å²) >= 11 is 0. The van der Waals surface area contributed by atoms with E-state index in [0.29, 0.717) is 12.2 Å². The van der Waals surface area contributed by atoms with Gasteiger partial charge in [0.15, 0.2) is 11.6 Å². The van der Waals surface area contributed by atoms with Crippen LogP contribution >= 0.6 is 0 Å². The lowest BCUT2D eigenvalue weighted by atomic mass is 10.1. The van der Waals surface area contributed by atoms with Gasteiger partial charge in [-0.1, -0.05) is 36.4 Å². The summed E-state index contributed by atoms with van der Waals surface area (Å²) in [6.45, 7) is 2.23. The Morgan fingerprint density at radius 3 is 2.47 bits per heavy atom. The Bertz CT molecular complexity index is 531. The van der Waals surface area contributed by atoms with Crippen molar-refractivity contribution in [2.24, 2.45) is 0 Å². The number of hydroxylamine groups is 1. The van der Waals surface area contributed by atoms with Gasteiger partial charge in [0, 0.05) is 0 Å². The average molecular weight is 263 g/mol. The fourth-order valence-electron chi connectivity index (χ4n) is 1.67. The first-order valence-electron chi connectivity index (χ1n) is 6.03. The molecule has 0 aliphatic rings. The summed E-state index contributed by atoms with van der Waals surface area (Å²) < 4.78 is 25.9. The lowest BCUT2D eigenvalue weighted by Gasteiger charge is -2.14. The highest BCUT2D eigenvalue weighted by atomic mass is 19.2. The molecule has 2 aromatic rings. The van der Waals surface area contributed by atoms with Crippen molar-refractivity contribution in [3.8, 4) is 0 Å². The quantitative estimate of drug-likeness (QED) is 0.829. The van der Waals surface area contributed by atoms with E-state index >= 15 is 0 Å². The topological polar surface area (TPSA) is 21.3 Å². The number of nitrogens with one attached hydrogen (secondary N) is 1. The molecule has 0 bridgehead atoms. The molecule has 0 saturated carbocycles.